The molecule has 7 heteroatoms. The Morgan fingerprint density at radius 2 is 1.83 bits per heavy atom. The van der Waals surface area contributed by atoms with Crippen LogP contribution in [0.2, 0.25) is 0 Å². The number of rotatable bonds is 6. The maximum absolute atomic E-state index is 13.1. The van der Waals surface area contributed by atoms with Crippen molar-refractivity contribution in [1.29, 1.82) is 0 Å². The summed E-state index contributed by atoms with van der Waals surface area (Å²) in [5.74, 6) is 0.972. The Labute approximate surface area is 175 Å². The highest BCUT2D eigenvalue weighted by molar-refractivity contribution is 5.75. The first-order valence-corrected chi connectivity index (χ1v) is 10.1. The second kappa shape index (κ2) is 8.14. The molecule has 6 nitrogen and oxygen atoms in total. The van der Waals surface area contributed by atoms with E-state index in [9.17, 15) is 14.3 Å². The van der Waals surface area contributed by atoms with Gasteiger partial charge in [-0.1, -0.05) is 12.1 Å². The number of amides is 2. The molecule has 160 valence electrons. The third-order valence-corrected chi connectivity index (χ3v) is 6.14. The number of nitrogens with one attached hydrogen (secondary N) is 1. The monoisotopic (exact) mass is 414 g/mol. The molecule has 0 aromatic heterocycles. The van der Waals surface area contributed by atoms with Crippen LogP contribution in [0.15, 0.2) is 36.4 Å². The Morgan fingerprint density at radius 1 is 1.17 bits per heavy atom. The molecular weight excluding hydrogens is 387 g/mol. The third kappa shape index (κ3) is 4.07. The number of hydrogen-bond acceptors (Lipinski definition) is 4. The normalized spacial score (nSPS) is 19.1. The predicted molar refractivity (Wildman–Crippen MR) is 110 cm³/mol. The number of ether oxygens (including phenoxy) is 2. The summed E-state index contributed by atoms with van der Waals surface area (Å²) in [5, 5.41) is 13.7. The van der Waals surface area contributed by atoms with Crippen molar-refractivity contribution >= 4 is 6.03 Å². The van der Waals surface area contributed by atoms with Gasteiger partial charge >= 0.3 is 6.03 Å². The summed E-state index contributed by atoms with van der Waals surface area (Å²) in [6.07, 6.45) is 2.02. The average molecular weight is 414 g/mol. The summed E-state index contributed by atoms with van der Waals surface area (Å²) in [6.45, 7) is 1.08. The lowest BCUT2D eigenvalue weighted by Crippen LogP contribution is -2.46. The summed E-state index contributed by atoms with van der Waals surface area (Å²) < 4.78 is 24.0. The zero-order valence-corrected chi connectivity index (χ0v) is 17.3. The van der Waals surface area contributed by atoms with Crippen molar-refractivity contribution in [3.8, 4) is 11.5 Å². The van der Waals surface area contributed by atoms with Gasteiger partial charge < -0.3 is 24.8 Å². The van der Waals surface area contributed by atoms with E-state index in [0.717, 1.165) is 30.4 Å². The number of aliphatic hydroxyl groups is 1. The molecule has 0 spiro atoms. The molecule has 2 aliphatic rings. The highest BCUT2D eigenvalue weighted by Crippen LogP contribution is 2.48. The highest BCUT2D eigenvalue weighted by atomic mass is 19.1. The van der Waals surface area contributed by atoms with Gasteiger partial charge in [-0.15, -0.1) is 0 Å². The van der Waals surface area contributed by atoms with Crippen molar-refractivity contribution in [1.82, 2.24) is 10.2 Å². The predicted octanol–water partition coefficient (Wildman–Crippen LogP) is 3.42. The molecule has 0 bridgehead atoms. The van der Waals surface area contributed by atoms with Gasteiger partial charge in [0.05, 0.1) is 27.3 Å². The first-order valence-electron chi connectivity index (χ1n) is 10.1. The van der Waals surface area contributed by atoms with Crippen LogP contribution in [0.1, 0.15) is 35.6 Å². The van der Waals surface area contributed by atoms with E-state index in [0.29, 0.717) is 30.2 Å². The molecule has 1 unspecified atom stereocenters. The number of nitrogens with zero attached hydrogens (tertiary/aromatic N) is 1. The molecule has 1 aliphatic heterocycles. The van der Waals surface area contributed by atoms with E-state index in [1.54, 1.807) is 43.4 Å². The van der Waals surface area contributed by atoms with Crippen LogP contribution in [0, 0.1) is 11.2 Å². The standard InChI is InChI=1S/C23H27FN2O4/c1-29-19-7-8-20(30-2)21-17(19)12-26(13-18(21)27)22(28)25-14-23(9-10-23)11-15-3-5-16(24)6-4-15/h3-8,18,27H,9-14H2,1-2H3,(H,25,28). The van der Waals surface area contributed by atoms with Crippen molar-refractivity contribution in [2.24, 2.45) is 5.41 Å². The zero-order chi connectivity index (χ0) is 21.3. The fourth-order valence-electron chi connectivity index (χ4n) is 4.23. The van der Waals surface area contributed by atoms with E-state index < -0.39 is 6.10 Å². The number of benzene rings is 2. The highest BCUT2D eigenvalue weighted by Gasteiger charge is 2.43. The van der Waals surface area contributed by atoms with Crippen molar-refractivity contribution in [2.75, 3.05) is 27.3 Å². The first kappa shape index (κ1) is 20.5. The molecule has 2 aromatic rings. The van der Waals surface area contributed by atoms with E-state index in [1.165, 1.54) is 12.1 Å². The number of β-amino-alcohol motifs (C(OH)–C–C–N with tert-alkyl or cyclic N) is 1. The van der Waals surface area contributed by atoms with E-state index >= 15 is 0 Å². The van der Waals surface area contributed by atoms with Crippen molar-refractivity contribution in [3.63, 3.8) is 0 Å². The summed E-state index contributed by atoms with van der Waals surface area (Å²) in [5.41, 5.74) is 2.54. The Bertz CT molecular complexity index is 928. The molecule has 1 fully saturated rings. The third-order valence-electron chi connectivity index (χ3n) is 6.14. The van der Waals surface area contributed by atoms with Gasteiger partial charge in [0.15, 0.2) is 0 Å². The van der Waals surface area contributed by atoms with Crippen LogP contribution in [-0.2, 0) is 13.0 Å². The van der Waals surface area contributed by atoms with Gasteiger partial charge in [0.2, 0.25) is 0 Å². The number of carbonyl (C=O) groups is 1. The van der Waals surface area contributed by atoms with Crippen molar-refractivity contribution < 1.29 is 23.8 Å². The number of carbonyl (C=O) groups excluding carboxylic acids is 1. The van der Waals surface area contributed by atoms with E-state index in [-0.39, 0.29) is 23.8 Å². The SMILES string of the molecule is COc1ccc(OC)c2c1CN(C(=O)NCC1(Cc3ccc(F)cc3)CC1)CC2O. The molecule has 1 heterocycles. The number of aliphatic hydroxyl groups excluding tert-OH is 1. The number of halogens is 1. The Morgan fingerprint density at radius 3 is 2.47 bits per heavy atom. The topological polar surface area (TPSA) is 71.0 Å². The van der Waals surface area contributed by atoms with Crippen LogP contribution in [0.3, 0.4) is 0 Å². The lowest BCUT2D eigenvalue weighted by molar-refractivity contribution is 0.100. The van der Waals surface area contributed by atoms with Gasteiger partial charge in [-0.2, -0.15) is 0 Å². The maximum atomic E-state index is 13.1. The summed E-state index contributed by atoms with van der Waals surface area (Å²) in [6, 6.07) is 9.88. The molecular formula is C23H27FN2O4. The summed E-state index contributed by atoms with van der Waals surface area (Å²) >= 11 is 0. The Hall–Kier alpha value is -2.80. The van der Waals surface area contributed by atoms with Gasteiger partial charge in [0, 0.05) is 17.7 Å². The van der Waals surface area contributed by atoms with Crippen LogP contribution in [-0.4, -0.2) is 43.3 Å². The van der Waals surface area contributed by atoms with Gasteiger partial charge in [-0.25, -0.2) is 9.18 Å². The molecule has 2 N–H and O–H groups in total. The molecule has 0 radical (unpaired) electrons. The van der Waals surface area contributed by atoms with Crippen LogP contribution >= 0.6 is 0 Å². The molecule has 30 heavy (non-hydrogen) atoms. The summed E-state index contributed by atoms with van der Waals surface area (Å²) in [7, 11) is 3.13. The molecule has 1 saturated carbocycles. The average Bonchev–Trinajstić information content (AvgIpc) is 3.52. The Kier molecular flexibility index (Phi) is 5.56. The van der Waals surface area contributed by atoms with Crippen LogP contribution in [0.25, 0.3) is 0 Å². The van der Waals surface area contributed by atoms with E-state index in [4.69, 9.17) is 9.47 Å². The minimum Gasteiger partial charge on any atom is -0.496 e. The number of hydrogen-bond donors (Lipinski definition) is 2. The molecule has 4 rings (SSSR count). The minimum absolute atomic E-state index is 0.0285. The van der Waals surface area contributed by atoms with E-state index in [2.05, 4.69) is 5.32 Å². The van der Waals surface area contributed by atoms with Gasteiger partial charge in [0.25, 0.3) is 0 Å². The van der Waals surface area contributed by atoms with Crippen LogP contribution in [0.5, 0.6) is 11.5 Å². The van der Waals surface area contributed by atoms with E-state index in [1.807, 2.05) is 0 Å². The van der Waals surface area contributed by atoms with Gasteiger partial charge in [0.1, 0.15) is 23.4 Å². The largest absolute Gasteiger partial charge is 0.496 e. The Balaban J connectivity index is 1.42. The van der Waals surface area contributed by atoms with Crippen LogP contribution in [0.4, 0.5) is 9.18 Å². The molecule has 1 atom stereocenters. The maximum Gasteiger partial charge on any atom is 0.317 e. The molecule has 0 saturated heterocycles. The fourth-order valence-corrected chi connectivity index (χ4v) is 4.23. The zero-order valence-electron chi connectivity index (χ0n) is 17.3. The number of fused-ring (bicyclic) bond motifs is 1. The second-order valence-corrected chi connectivity index (χ2v) is 8.22. The number of methoxy groups -OCH3 is 2. The second-order valence-electron chi connectivity index (χ2n) is 8.22. The van der Waals surface area contributed by atoms with Gasteiger partial charge in [-0.3, -0.25) is 0 Å². The quantitative estimate of drug-likeness (QED) is 0.760. The fraction of sp³-hybridized carbons (Fsp3) is 0.435. The molecule has 2 amide bonds. The smallest absolute Gasteiger partial charge is 0.317 e. The lowest BCUT2D eigenvalue weighted by atomic mass is 9.95. The lowest BCUT2D eigenvalue weighted by Gasteiger charge is -2.34. The van der Waals surface area contributed by atoms with Gasteiger partial charge in [-0.05, 0) is 54.5 Å². The summed E-state index contributed by atoms with van der Waals surface area (Å²) in [4.78, 5) is 14.5. The number of urea groups is 1. The minimum atomic E-state index is -0.848. The molecule has 2 aromatic carbocycles. The van der Waals surface area contributed by atoms with Crippen molar-refractivity contribution in [2.45, 2.75) is 31.9 Å². The molecule has 1 aliphatic carbocycles. The van der Waals surface area contributed by atoms with Crippen molar-refractivity contribution in [3.05, 3.63) is 58.9 Å². The van der Waals surface area contributed by atoms with Crippen LogP contribution < -0.4 is 14.8 Å². The first-order chi connectivity index (χ1) is 14.4.